The van der Waals surface area contributed by atoms with Crippen LogP contribution in [-0.4, -0.2) is 30.6 Å². The molecule has 16 heavy (non-hydrogen) atoms. The maximum atomic E-state index is 3.48. The number of aryl methyl sites for hydroxylation is 2. The van der Waals surface area contributed by atoms with E-state index in [1.807, 2.05) is 0 Å². The van der Waals surface area contributed by atoms with Gasteiger partial charge in [0.05, 0.1) is 0 Å². The Balaban J connectivity index is 2.00. The third-order valence-electron chi connectivity index (χ3n) is 3.43. The summed E-state index contributed by atoms with van der Waals surface area (Å²) in [7, 11) is 0. The van der Waals surface area contributed by atoms with Gasteiger partial charge < -0.3 is 5.32 Å². The van der Waals surface area contributed by atoms with E-state index in [1.54, 1.807) is 0 Å². The van der Waals surface area contributed by atoms with E-state index in [2.05, 4.69) is 49.2 Å². The van der Waals surface area contributed by atoms with Crippen molar-refractivity contribution in [3.63, 3.8) is 0 Å². The fourth-order valence-electron chi connectivity index (χ4n) is 2.32. The summed E-state index contributed by atoms with van der Waals surface area (Å²) in [5, 5.41) is 3.48. The van der Waals surface area contributed by atoms with E-state index in [1.165, 1.54) is 16.7 Å². The summed E-state index contributed by atoms with van der Waals surface area (Å²) in [5.74, 6) is 0. The largest absolute Gasteiger partial charge is 0.312 e. The van der Waals surface area contributed by atoms with Gasteiger partial charge in [0, 0.05) is 32.2 Å². The molecule has 0 bridgehead atoms. The Morgan fingerprint density at radius 1 is 1.31 bits per heavy atom. The molecule has 0 saturated carbocycles. The Morgan fingerprint density at radius 2 is 2.12 bits per heavy atom. The molecular weight excluding hydrogens is 196 g/mol. The summed E-state index contributed by atoms with van der Waals surface area (Å²) in [6.07, 6.45) is 0. The third kappa shape index (κ3) is 2.83. The molecule has 2 nitrogen and oxygen atoms in total. The van der Waals surface area contributed by atoms with Crippen LogP contribution >= 0.6 is 0 Å². The molecule has 1 aromatic carbocycles. The third-order valence-corrected chi connectivity index (χ3v) is 3.43. The van der Waals surface area contributed by atoms with Gasteiger partial charge in [-0.3, -0.25) is 4.90 Å². The van der Waals surface area contributed by atoms with Crippen molar-refractivity contribution >= 4 is 0 Å². The minimum Gasteiger partial charge on any atom is -0.312 e. The fraction of sp³-hybridized carbons (Fsp3) is 0.571. The van der Waals surface area contributed by atoms with E-state index in [0.717, 1.165) is 26.2 Å². The predicted octanol–water partition coefficient (Wildman–Crippen LogP) is 2.10. The van der Waals surface area contributed by atoms with E-state index >= 15 is 0 Å². The van der Waals surface area contributed by atoms with Crippen LogP contribution in [0.15, 0.2) is 18.2 Å². The lowest BCUT2D eigenvalue weighted by Crippen LogP contribution is -2.48. The molecule has 2 heteroatoms. The first-order valence-electron chi connectivity index (χ1n) is 6.17. The molecule has 1 saturated heterocycles. The predicted molar refractivity (Wildman–Crippen MR) is 68.7 cm³/mol. The number of hydrogen-bond acceptors (Lipinski definition) is 2. The molecule has 0 spiro atoms. The van der Waals surface area contributed by atoms with Crippen LogP contribution in [0.2, 0.25) is 0 Å². The minimum absolute atomic E-state index is 0.625. The first kappa shape index (κ1) is 11.6. The average Bonchev–Trinajstić information content (AvgIpc) is 2.24. The van der Waals surface area contributed by atoms with Crippen molar-refractivity contribution in [3.8, 4) is 0 Å². The first-order valence-corrected chi connectivity index (χ1v) is 6.17. The normalized spacial score (nSPS) is 22.3. The Bertz CT molecular complexity index is 360. The summed E-state index contributed by atoms with van der Waals surface area (Å²) >= 11 is 0. The van der Waals surface area contributed by atoms with Crippen molar-refractivity contribution < 1.29 is 0 Å². The van der Waals surface area contributed by atoms with Gasteiger partial charge in [-0.15, -0.1) is 0 Å². The SMILES string of the molecule is Cc1ccc(CN2CCN[C@@H](C)C2)cc1C. The molecule has 1 aliphatic heterocycles. The lowest BCUT2D eigenvalue weighted by Gasteiger charge is -2.31. The van der Waals surface area contributed by atoms with Gasteiger partial charge in [0.2, 0.25) is 0 Å². The van der Waals surface area contributed by atoms with Crippen LogP contribution in [0.3, 0.4) is 0 Å². The Hall–Kier alpha value is -0.860. The van der Waals surface area contributed by atoms with Gasteiger partial charge in [-0.1, -0.05) is 18.2 Å². The molecule has 0 amide bonds. The summed E-state index contributed by atoms with van der Waals surface area (Å²) in [6.45, 7) is 11.2. The maximum Gasteiger partial charge on any atom is 0.0235 e. The quantitative estimate of drug-likeness (QED) is 0.818. The number of nitrogens with zero attached hydrogens (tertiary/aromatic N) is 1. The van der Waals surface area contributed by atoms with Crippen molar-refractivity contribution in [1.29, 1.82) is 0 Å². The van der Waals surface area contributed by atoms with Gasteiger partial charge in [0.1, 0.15) is 0 Å². The zero-order valence-electron chi connectivity index (χ0n) is 10.6. The van der Waals surface area contributed by atoms with Crippen LogP contribution in [0.4, 0.5) is 0 Å². The smallest absolute Gasteiger partial charge is 0.0235 e. The second-order valence-corrected chi connectivity index (χ2v) is 5.01. The molecule has 1 aromatic rings. The van der Waals surface area contributed by atoms with Crippen LogP contribution in [0.25, 0.3) is 0 Å². The highest BCUT2D eigenvalue weighted by Crippen LogP contribution is 2.12. The molecule has 0 radical (unpaired) electrons. The van der Waals surface area contributed by atoms with Crippen LogP contribution < -0.4 is 5.32 Å². The minimum atomic E-state index is 0.625. The van der Waals surface area contributed by atoms with E-state index in [9.17, 15) is 0 Å². The lowest BCUT2D eigenvalue weighted by molar-refractivity contribution is 0.199. The highest BCUT2D eigenvalue weighted by Gasteiger charge is 2.15. The molecule has 1 aliphatic rings. The van der Waals surface area contributed by atoms with Crippen LogP contribution in [0, 0.1) is 13.8 Å². The first-order chi connectivity index (χ1) is 7.65. The fourth-order valence-corrected chi connectivity index (χ4v) is 2.32. The molecule has 0 unspecified atom stereocenters. The number of hydrogen-bond donors (Lipinski definition) is 1. The highest BCUT2D eigenvalue weighted by molar-refractivity contribution is 5.29. The van der Waals surface area contributed by atoms with Gasteiger partial charge in [0.25, 0.3) is 0 Å². The molecule has 1 fully saturated rings. The number of nitrogens with one attached hydrogen (secondary N) is 1. The molecule has 1 N–H and O–H groups in total. The zero-order chi connectivity index (χ0) is 11.5. The molecule has 0 aliphatic carbocycles. The summed E-state index contributed by atoms with van der Waals surface area (Å²) in [4.78, 5) is 2.53. The summed E-state index contributed by atoms with van der Waals surface area (Å²) in [6, 6.07) is 7.44. The van der Waals surface area contributed by atoms with Crippen LogP contribution in [0.1, 0.15) is 23.6 Å². The number of piperazine rings is 1. The highest BCUT2D eigenvalue weighted by atomic mass is 15.2. The van der Waals surface area contributed by atoms with Crippen molar-refractivity contribution in [2.45, 2.75) is 33.4 Å². The topological polar surface area (TPSA) is 15.3 Å². The Morgan fingerprint density at radius 3 is 2.81 bits per heavy atom. The van der Waals surface area contributed by atoms with Crippen LogP contribution in [0.5, 0.6) is 0 Å². The van der Waals surface area contributed by atoms with E-state index < -0.39 is 0 Å². The standard InChI is InChI=1S/C14H22N2/c1-11-4-5-14(8-12(11)2)10-16-7-6-15-13(3)9-16/h4-5,8,13,15H,6-7,9-10H2,1-3H3/t13-/m0/s1. The average molecular weight is 218 g/mol. The van der Waals surface area contributed by atoms with Crippen molar-refractivity contribution in [3.05, 3.63) is 34.9 Å². The second kappa shape index (κ2) is 4.98. The van der Waals surface area contributed by atoms with Gasteiger partial charge in [-0.2, -0.15) is 0 Å². The summed E-state index contributed by atoms with van der Waals surface area (Å²) in [5.41, 5.74) is 4.23. The van der Waals surface area contributed by atoms with Gasteiger partial charge in [-0.25, -0.2) is 0 Å². The second-order valence-electron chi connectivity index (χ2n) is 5.01. The molecule has 0 aromatic heterocycles. The number of benzene rings is 1. The monoisotopic (exact) mass is 218 g/mol. The molecule has 88 valence electrons. The van der Waals surface area contributed by atoms with Crippen molar-refractivity contribution in [2.24, 2.45) is 0 Å². The molecule has 1 heterocycles. The Kier molecular flexibility index (Phi) is 3.62. The molecular formula is C14H22N2. The van der Waals surface area contributed by atoms with Crippen molar-refractivity contribution in [1.82, 2.24) is 10.2 Å². The number of rotatable bonds is 2. The summed E-state index contributed by atoms with van der Waals surface area (Å²) < 4.78 is 0. The van der Waals surface area contributed by atoms with E-state index in [0.29, 0.717) is 6.04 Å². The van der Waals surface area contributed by atoms with Crippen molar-refractivity contribution in [2.75, 3.05) is 19.6 Å². The molecule has 2 rings (SSSR count). The van der Waals surface area contributed by atoms with E-state index in [4.69, 9.17) is 0 Å². The van der Waals surface area contributed by atoms with Gasteiger partial charge >= 0.3 is 0 Å². The lowest BCUT2D eigenvalue weighted by atomic mass is 10.1. The van der Waals surface area contributed by atoms with E-state index in [-0.39, 0.29) is 0 Å². The Labute approximate surface area is 98.7 Å². The van der Waals surface area contributed by atoms with Gasteiger partial charge in [0.15, 0.2) is 0 Å². The molecule has 1 atom stereocenters. The maximum absolute atomic E-state index is 3.48. The van der Waals surface area contributed by atoms with Crippen LogP contribution in [-0.2, 0) is 6.54 Å². The zero-order valence-corrected chi connectivity index (χ0v) is 10.6. The van der Waals surface area contributed by atoms with Gasteiger partial charge in [-0.05, 0) is 37.5 Å².